The molecule has 0 saturated heterocycles. The fourth-order valence-electron chi connectivity index (χ4n) is 1.71. The number of amides is 1. The van der Waals surface area contributed by atoms with Crippen LogP contribution in [-0.4, -0.2) is 5.91 Å². The van der Waals surface area contributed by atoms with Crippen LogP contribution in [0.4, 0.5) is 11.4 Å². The molecule has 0 spiro atoms. The number of rotatable bonds is 4. The van der Waals surface area contributed by atoms with Crippen molar-refractivity contribution in [1.82, 2.24) is 0 Å². The van der Waals surface area contributed by atoms with Gasteiger partial charge in [-0.1, -0.05) is 30.3 Å². The minimum absolute atomic E-state index is 0.280. The van der Waals surface area contributed by atoms with Crippen LogP contribution in [-0.2, 0) is 11.2 Å². The molecule has 18 heavy (non-hydrogen) atoms. The second-order valence-corrected chi connectivity index (χ2v) is 4.53. The zero-order valence-corrected chi connectivity index (χ0v) is 11.1. The van der Waals surface area contributed by atoms with Crippen LogP contribution >= 0.6 is 9.39 Å². The van der Waals surface area contributed by atoms with Gasteiger partial charge in [-0.15, -0.1) is 0 Å². The third-order valence-corrected chi connectivity index (χ3v) is 3.22. The van der Waals surface area contributed by atoms with Crippen LogP contribution < -0.4 is 10.4 Å². The second kappa shape index (κ2) is 5.65. The average Bonchev–Trinajstić information content (AvgIpc) is 2.39. The monoisotopic (exact) mass is 258 g/mol. The summed E-state index contributed by atoms with van der Waals surface area (Å²) in [5, 5.41) is 0. The van der Waals surface area contributed by atoms with Gasteiger partial charge in [-0.25, -0.2) is 0 Å². The lowest BCUT2D eigenvalue weighted by Crippen LogP contribution is -2.13. The van der Waals surface area contributed by atoms with Crippen molar-refractivity contribution in [3.63, 3.8) is 0 Å². The maximum absolute atomic E-state index is 10.8. The highest BCUT2D eigenvalue weighted by Crippen LogP contribution is 2.28. The van der Waals surface area contributed by atoms with Crippen molar-refractivity contribution < 1.29 is 4.79 Å². The summed E-state index contributed by atoms with van der Waals surface area (Å²) in [4.78, 5) is 10.8. The summed E-state index contributed by atoms with van der Waals surface area (Å²) in [6.07, 6.45) is 0.280. The molecule has 92 valence electrons. The molecule has 2 rings (SSSR count). The van der Waals surface area contributed by atoms with Crippen LogP contribution in [0.2, 0.25) is 0 Å². The highest BCUT2D eigenvalue weighted by Gasteiger charge is 2.04. The van der Waals surface area contributed by atoms with E-state index in [0.29, 0.717) is 0 Å². The van der Waals surface area contributed by atoms with E-state index < -0.39 is 0 Å². The SMILES string of the molecule is NC(=O)Cc1ccc(N(P)c2ccccc2)cc1. The lowest BCUT2D eigenvalue weighted by molar-refractivity contribution is -0.117. The van der Waals surface area contributed by atoms with E-state index in [2.05, 4.69) is 9.39 Å². The van der Waals surface area contributed by atoms with Gasteiger partial charge < -0.3 is 10.4 Å². The molecule has 3 nitrogen and oxygen atoms in total. The number of nitrogens with zero attached hydrogens (tertiary/aromatic N) is 1. The Balaban J connectivity index is 2.17. The maximum atomic E-state index is 10.8. The Labute approximate surface area is 109 Å². The maximum Gasteiger partial charge on any atom is 0.221 e. The summed E-state index contributed by atoms with van der Waals surface area (Å²) in [6, 6.07) is 17.8. The lowest BCUT2D eigenvalue weighted by atomic mass is 10.1. The standard InChI is InChI=1S/C14H15N2OP/c15-14(17)10-11-6-8-13(9-7-11)16(18)12-4-2-1-3-5-12/h1-9H,10,18H2,(H2,15,17). The van der Waals surface area contributed by atoms with Gasteiger partial charge in [0.15, 0.2) is 0 Å². The predicted octanol–water partition coefficient (Wildman–Crippen LogP) is 2.64. The van der Waals surface area contributed by atoms with Gasteiger partial charge in [0.05, 0.1) is 6.42 Å². The molecule has 0 saturated carbocycles. The van der Waals surface area contributed by atoms with Crippen molar-refractivity contribution in [2.24, 2.45) is 5.73 Å². The van der Waals surface area contributed by atoms with Gasteiger partial charge in [0.1, 0.15) is 0 Å². The minimum Gasteiger partial charge on any atom is -0.369 e. The third kappa shape index (κ3) is 3.08. The summed E-state index contributed by atoms with van der Waals surface area (Å²) >= 11 is 0. The number of nitrogens with two attached hydrogens (primary N) is 1. The number of hydrogen-bond donors (Lipinski definition) is 1. The van der Waals surface area contributed by atoms with Crippen molar-refractivity contribution in [3.05, 3.63) is 60.2 Å². The Morgan fingerprint density at radius 2 is 1.56 bits per heavy atom. The first-order chi connectivity index (χ1) is 8.66. The van der Waals surface area contributed by atoms with Gasteiger partial charge in [-0.2, -0.15) is 0 Å². The Bertz CT molecular complexity index is 525. The molecule has 2 N–H and O–H groups in total. The van der Waals surface area contributed by atoms with E-state index in [0.717, 1.165) is 16.9 Å². The highest BCUT2D eigenvalue weighted by atomic mass is 31.0. The van der Waals surface area contributed by atoms with Crippen molar-refractivity contribution in [2.45, 2.75) is 6.42 Å². The number of carbonyl (C=O) groups is 1. The van der Waals surface area contributed by atoms with E-state index in [9.17, 15) is 4.79 Å². The first kappa shape index (κ1) is 12.6. The number of anilines is 2. The molecule has 0 fully saturated rings. The van der Waals surface area contributed by atoms with E-state index in [1.54, 1.807) is 0 Å². The molecule has 0 radical (unpaired) electrons. The molecule has 0 aliphatic rings. The number of hydrogen-bond acceptors (Lipinski definition) is 2. The molecule has 1 unspecified atom stereocenters. The minimum atomic E-state index is -0.312. The highest BCUT2D eigenvalue weighted by molar-refractivity contribution is 7.19. The number of benzene rings is 2. The molecule has 2 aromatic rings. The quantitative estimate of drug-likeness (QED) is 0.857. The molecule has 4 heteroatoms. The molecule has 0 heterocycles. The van der Waals surface area contributed by atoms with Gasteiger partial charge in [0.2, 0.25) is 5.91 Å². The summed E-state index contributed by atoms with van der Waals surface area (Å²) in [6.45, 7) is 0. The largest absolute Gasteiger partial charge is 0.369 e. The zero-order chi connectivity index (χ0) is 13.0. The first-order valence-corrected chi connectivity index (χ1v) is 6.15. The van der Waals surface area contributed by atoms with Gasteiger partial charge >= 0.3 is 0 Å². The first-order valence-electron chi connectivity index (χ1n) is 5.64. The normalized spacial score (nSPS) is 10.1. The number of primary amides is 1. The molecule has 1 amide bonds. The Morgan fingerprint density at radius 1 is 1.00 bits per heavy atom. The number of para-hydroxylation sites is 1. The van der Waals surface area contributed by atoms with E-state index in [-0.39, 0.29) is 12.3 Å². The van der Waals surface area contributed by atoms with Crippen LogP contribution in [0.1, 0.15) is 5.56 Å². The van der Waals surface area contributed by atoms with Crippen LogP contribution in [0, 0.1) is 0 Å². The van der Waals surface area contributed by atoms with Crippen LogP contribution in [0.5, 0.6) is 0 Å². The summed E-state index contributed by atoms with van der Waals surface area (Å²) in [5.74, 6) is -0.312. The van der Waals surface area contributed by atoms with Crippen molar-refractivity contribution in [2.75, 3.05) is 4.67 Å². The van der Waals surface area contributed by atoms with E-state index >= 15 is 0 Å². The number of carbonyl (C=O) groups excluding carboxylic acids is 1. The Hall–Kier alpha value is -1.86. The molecule has 1 atom stereocenters. The fraction of sp³-hybridized carbons (Fsp3) is 0.0714. The Kier molecular flexibility index (Phi) is 3.96. The Morgan fingerprint density at radius 3 is 2.11 bits per heavy atom. The van der Waals surface area contributed by atoms with Gasteiger partial charge in [0.25, 0.3) is 0 Å². The van der Waals surface area contributed by atoms with Gasteiger partial charge in [-0.05, 0) is 39.2 Å². The molecule has 0 aromatic heterocycles. The van der Waals surface area contributed by atoms with Gasteiger partial charge in [-0.3, -0.25) is 4.79 Å². The van der Waals surface area contributed by atoms with E-state index in [4.69, 9.17) is 5.73 Å². The predicted molar refractivity (Wildman–Crippen MR) is 77.6 cm³/mol. The van der Waals surface area contributed by atoms with Gasteiger partial charge in [0, 0.05) is 11.4 Å². The zero-order valence-electron chi connectivity index (χ0n) is 9.91. The van der Waals surface area contributed by atoms with Crippen molar-refractivity contribution in [1.29, 1.82) is 0 Å². The fourth-order valence-corrected chi connectivity index (χ4v) is 2.06. The van der Waals surface area contributed by atoms with E-state index in [1.165, 1.54) is 0 Å². The smallest absolute Gasteiger partial charge is 0.221 e. The molecule has 0 aliphatic carbocycles. The second-order valence-electron chi connectivity index (χ2n) is 4.02. The molecule has 0 bridgehead atoms. The van der Waals surface area contributed by atoms with E-state index in [1.807, 2.05) is 59.3 Å². The summed E-state index contributed by atoms with van der Waals surface area (Å²) in [5.41, 5.74) is 8.22. The average molecular weight is 258 g/mol. The molecular weight excluding hydrogens is 243 g/mol. The van der Waals surface area contributed by atoms with Crippen LogP contribution in [0.15, 0.2) is 54.6 Å². The van der Waals surface area contributed by atoms with Crippen molar-refractivity contribution >= 4 is 26.7 Å². The van der Waals surface area contributed by atoms with Crippen LogP contribution in [0.25, 0.3) is 0 Å². The molecule has 2 aromatic carbocycles. The third-order valence-electron chi connectivity index (χ3n) is 2.63. The summed E-state index contributed by atoms with van der Waals surface area (Å²) in [7, 11) is 2.68. The van der Waals surface area contributed by atoms with Crippen molar-refractivity contribution in [3.8, 4) is 0 Å². The topological polar surface area (TPSA) is 46.3 Å². The van der Waals surface area contributed by atoms with Crippen LogP contribution in [0.3, 0.4) is 0 Å². The lowest BCUT2D eigenvalue weighted by Gasteiger charge is -2.19. The molecule has 0 aliphatic heterocycles. The molecular formula is C14H15N2OP. The summed E-state index contributed by atoms with van der Waals surface area (Å²) < 4.78 is 2.01.